The van der Waals surface area contributed by atoms with Gasteiger partial charge in [0.15, 0.2) is 0 Å². The maximum absolute atomic E-state index is 9.39. The Bertz CT molecular complexity index is 181. The molecule has 0 aliphatic carbocycles. The number of nitrogens with two attached hydrogens (primary N) is 1. The fourth-order valence-corrected chi connectivity index (χ4v) is 10.9. The van der Waals surface area contributed by atoms with E-state index in [2.05, 4.69) is 0 Å². The van der Waals surface area contributed by atoms with Crippen molar-refractivity contribution < 1.29 is 32.9 Å². The number of rotatable bonds is 12. The number of unbranched alkanes of at least 4 members (excludes halogenated alkanes) is 1. The Morgan fingerprint density at radius 3 is 1.72 bits per heavy atom. The topological polar surface area (TPSA) is 84.9 Å². The molecule has 0 spiro atoms. The van der Waals surface area contributed by atoms with Gasteiger partial charge in [0, 0.05) is 0 Å². The van der Waals surface area contributed by atoms with E-state index >= 15 is 0 Å². The zero-order valence-electron chi connectivity index (χ0n) is 11.9. The van der Waals surface area contributed by atoms with Crippen molar-refractivity contribution in [3.63, 3.8) is 0 Å². The summed E-state index contributed by atoms with van der Waals surface area (Å²) in [6.45, 7) is 5.79. The SMILES string of the molecule is CC[O][Ti]([CH2]CO)([CH2]CO)([CH2]CCCN)[O]CC. The summed E-state index contributed by atoms with van der Waals surface area (Å²) in [5, 5.41) is 18.8. The Kier molecular flexibility index (Phi) is 9.69. The van der Waals surface area contributed by atoms with Gasteiger partial charge >= 0.3 is 113 Å². The molecule has 0 aromatic carbocycles. The molecule has 0 aromatic rings. The first-order valence-corrected chi connectivity index (χ1v) is 11.6. The third-order valence-electron chi connectivity index (χ3n) is 3.55. The van der Waals surface area contributed by atoms with Gasteiger partial charge in [0.2, 0.25) is 0 Å². The van der Waals surface area contributed by atoms with E-state index in [4.69, 9.17) is 12.4 Å². The molecular weight excluding hydrogens is 270 g/mol. The van der Waals surface area contributed by atoms with E-state index in [0.29, 0.717) is 29.2 Å². The second kappa shape index (κ2) is 9.42. The molecule has 0 saturated carbocycles. The third-order valence-corrected chi connectivity index (χ3v) is 13.2. The van der Waals surface area contributed by atoms with E-state index in [1.807, 2.05) is 13.8 Å². The van der Waals surface area contributed by atoms with Crippen LogP contribution in [0.1, 0.15) is 26.7 Å². The van der Waals surface area contributed by atoms with E-state index in [1.165, 1.54) is 0 Å². The van der Waals surface area contributed by atoms with Crippen LogP contribution >= 0.6 is 0 Å². The Labute approximate surface area is 112 Å². The first-order chi connectivity index (χ1) is 8.62. The molecule has 0 aromatic heterocycles. The van der Waals surface area contributed by atoms with Crippen LogP contribution in [-0.2, 0) is 22.7 Å². The van der Waals surface area contributed by atoms with Gasteiger partial charge in [0.1, 0.15) is 0 Å². The van der Waals surface area contributed by atoms with Crippen LogP contribution in [0.5, 0.6) is 0 Å². The standard InChI is InChI=1S/C4H10N.4C2H5O.Ti/c1-2-3-4-5;4*1-2-3;/h1-5H2;2*2H2,1H3;2*3H,1-2H2;/q;2*-1;;;+2. The summed E-state index contributed by atoms with van der Waals surface area (Å²) in [6.07, 6.45) is 1.87. The van der Waals surface area contributed by atoms with Gasteiger partial charge in [-0.1, -0.05) is 0 Å². The molecule has 5 nitrogen and oxygen atoms in total. The van der Waals surface area contributed by atoms with Crippen LogP contribution in [0.4, 0.5) is 0 Å². The molecule has 18 heavy (non-hydrogen) atoms. The van der Waals surface area contributed by atoms with Crippen LogP contribution in [0, 0.1) is 0 Å². The molecule has 0 unspecified atom stereocenters. The molecule has 0 radical (unpaired) electrons. The molecule has 0 amide bonds. The summed E-state index contributed by atoms with van der Waals surface area (Å²) in [5.41, 5.74) is 5.54. The Morgan fingerprint density at radius 1 is 0.889 bits per heavy atom. The first-order valence-electron chi connectivity index (χ1n) is 7.00. The average Bonchev–Trinajstić information content (AvgIpc) is 2.31. The first kappa shape index (κ1) is 18.5. The number of aliphatic hydroxyl groups is 2. The third kappa shape index (κ3) is 5.25. The van der Waals surface area contributed by atoms with Crippen LogP contribution < -0.4 is 5.73 Å². The van der Waals surface area contributed by atoms with Gasteiger partial charge < -0.3 is 0 Å². The fraction of sp³-hybridized carbons (Fsp3) is 1.00. The molecule has 0 bridgehead atoms. The van der Waals surface area contributed by atoms with Crippen molar-refractivity contribution in [2.75, 3.05) is 33.0 Å². The summed E-state index contributed by atoms with van der Waals surface area (Å²) in [4.78, 5) is 0. The molecule has 4 N–H and O–H groups in total. The summed E-state index contributed by atoms with van der Waals surface area (Å²) in [5.74, 6) is 0. The van der Waals surface area contributed by atoms with Crippen molar-refractivity contribution in [1.29, 1.82) is 0 Å². The maximum atomic E-state index is 9.39. The number of hydrogen-bond donors (Lipinski definition) is 3. The second-order valence-electron chi connectivity index (χ2n) is 4.76. The molecule has 6 heteroatoms. The Hall–Kier alpha value is 0.514. The normalized spacial score (nSPS) is 14.4. The van der Waals surface area contributed by atoms with Crippen molar-refractivity contribution in [2.45, 2.75) is 40.9 Å². The van der Waals surface area contributed by atoms with E-state index in [-0.39, 0.29) is 13.2 Å². The zero-order chi connectivity index (χ0) is 13.9. The van der Waals surface area contributed by atoms with E-state index in [1.54, 1.807) is 0 Å². The predicted octanol–water partition coefficient (Wildman–Crippen LogP) is 1.56. The quantitative estimate of drug-likeness (QED) is 0.376. The van der Waals surface area contributed by atoms with Crippen molar-refractivity contribution in [3.8, 4) is 0 Å². The van der Waals surface area contributed by atoms with Gasteiger partial charge in [-0.2, -0.15) is 0 Å². The summed E-state index contributed by atoms with van der Waals surface area (Å²) in [6, 6.07) is 0. The van der Waals surface area contributed by atoms with Crippen molar-refractivity contribution in [3.05, 3.63) is 0 Å². The van der Waals surface area contributed by atoms with Gasteiger partial charge in [-0.15, -0.1) is 0 Å². The van der Waals surface area contributed by atoms with Crippen LogP contribution in [0.15, 0.2) is 0 Å². The van der Waals surface area contributed by atoms with E-state index < -0.39 is 16.1 Å². The van der Waals surface area contributed by atoms with Crippen molar-refractivity contribution in [2.24, 2.45) is 5.73 Å². The van der Waals surface area contributed by atoms with Crippen LogP contribution in [0.25, 0.3) is 0 Å². The molecule has 0 fully saturated rings. The predicted molar refractivity (Wildman–Crippen MR) is 70.1 cm³/mol. The van der Waals surface area contributed by atoms with Gasteiger partial charge in [-0.3, -0.25) is 0 Å². The van der Waals surface area contributed by atoms with E-state index in [9.17, 15) is 10.2 Å². The zero-order valence-corrected chi connectivity index (χ0v) is 13.4. The minimum absolute atomic E-state index is 0.0554. The van der Waals surface area contributed by atoms with Gasteiger partial charge in [-0.05, 0) is 0 Å². The molecule has 0 heterocycles. The molecule has 0 aliphatic heterocycles. The second-order valence-corrected chi connectivity index (χ2v) is 13.3. The van der Waals surface area contributed by atoms with Crippen molar-refractivity contribution >= 4 is 0 Å². The molecule has 0 rings (SSSR count). The molecular formula is C12H30NO4Ti. The molecule has 0 atom stereocenters. The molecule has 0 saturated heterocycles. The minimum atomic E-state index is -3.70. The van der Waals surface area contributed by atoms with Crippen LogP contribution in [-0.4, -0.2) is 43.2 Å². The van der Waals surface area contributed by atoms with Gasteiger partial charge in [0.05, 0.1) is 0 Å². The van der Waals surface area contributed by atoms with E-state index in [0.717, 1.165) is 17.6 Å². The van der Waals surface area contributed by atoms with Crippen molar-refractivity contribution in [1.82, 2.24) is 0 Å². The molecule has 0 aliphatic rings. The number of aliphatic hydroxyl groups excluding tert-OH is 2. The summed E-state index contributed by atoms with van der Waals surface area (Å²) < 4.78 is 14.1. The van der Waals surface area contributed by atoms with Gasteiger partial charge in [0.25, 0.3) is 0 Å². The fourth-order valence-electron chi connectivity index (χ4n) is 2.74. The van der Waals surface area contributed by atoms with Crippen LogP contribution in [0.2, 0.25) is 14.2 Å². The Morgan fingerprint density at radius 2 is 1.39 bits per heavy atom. The van der Waals surface area contributed by atoms with Crippen LogP contribution in [0.3, 0.4) is 0 Å². The monoisotopic (exact) mass is 300 g/mol. The summed E-state index contributed by atoms with van der Waals surface area (Å²) in [7, 11) is 0. The molecule has 111 valence electrons. The summed E-state index contributed by atoms with van der Waals surface area (Å²) >= 11 is -3.70. The number of hydrogen-bond acceptors (Lipinski definition) is 5. The Balaban J connectivity index is 5.05. The average molecular weight is 300 g/mol. The van der Waals surface area contributed by atoms with Gasteiger partial charge in [-0.25, -0.2) is 0 Å².